The second kappa shape index (κ2) is 8.69. The molecule has 1 atom stereocenters. The number of nitrogens with one attached hydrogen (secondary N) is 1. The van der Waals surface area contributed by atoms with Crippen molar-refractivity contribution in [1.82, 2.24) is 20.1 Å². The maximum absolute atomic E-state index is 12.4. The van der Waals surface area contributed by atoms with Crippen molar-refractivity contribution in [2.45, 2.75) is 31.0 Å². The Morgan fingerprint density at radius 2 is 1.90 bits per heavy atom. The topological polar surface area (TPSA) is 69.0 Å². The first-order valence-corrected chi connectivity index (χ1v) is 10.7. The maximum atomic E-state index is 12.4. The quantitative estimate of drug-likeness (QED) is 0.572. The second-order valence-electron chi connectivity index (χ2n) is 7.16. The van der Waals surface area contributed by atoms with Crippen molar-refractivity contribution < 1.29 is 9.53 Å². The molecule has 0 aliphatic heterocycles. The summed E-state index contributed by atoms with van der Waals surface area (Å²) in [4.78, 5) is 12.4. The third-order valence-corrected chi connectivity index (χ3v) is 5.97. The normalized spacial score (nSPS) is 14.4. The Bertz CT molecular complexity index is 985. The summed E-state index contributed by atoms with van der Waals surface area (Å²) in [6.45, 7) is 2.08. The zero-order chi connectivity index (χ0) is 20.2. The van der Waals surface area contributed by atoms with E-state index in [4.69, 9.17) is 4.74 Å². The van der Waals surface area contributed by atoms with Crippen LogP contribution in [0.15, 0.2) is 59.8 Å². The van der Waals surface area contributed by atoms with Crippen molar-refractivity contribution in [3.05, 3.63) is 54.6 Å². The summed E-state index contributed by atoms with van der Waals surface area (Å²) in [5, 5.41) is 12.6. The van der Waals surface area contributed by atoms with Crippen LogP contribution < -0.4 is 10.1 Å². The molecule has 2 aromatic carbocycles. The minimum absolute atomic E-state index is 0.0239. The lowest BCUT2D eigenvalue weighted by molar-refractivity contribution is -0.119. The molecule has 4 rings (SSSR count). The average Bonchev–Trinajstić information content (AvgIpc) is 3.52. The summed E-state index contributed by atoms with van der Waals surface area (Å²) in [6.07, 6.45) is 2.42. The van der Waals surface area contributed by atoms with E-state index in [1.54, 1.807) is 7.11 Å². The van der Waals surface area contributed by atoms with Gasteiger partial charge in [0.05, 0.1) is 18.4 Å². The molecule has 7 heteroatoms. The van der Waals surface area contributed by atoms with Crippen LogP contribution in [0.5, 0.6) is 5.75 Å². The molecular weight excluding hydrogens is 384 g/mol. The number of hydrogen-bond donors (Lipinski definition) is 1. The smallest absolute Gasteiger partial charge is 0.230 e. The van der Waals surface area contributed by atoms with Gasteiger partial charge in [0.15, 0.2) is 11.0 Å². The van der Waals surface area contributed by atoms with Gasteiger partial charge in [0.1, 0.15) is 5.75 Å². The molecule has 1 fully saturated rings. The minimum atomic E-state index is 0.0239. The fourth-order valence-corrected chi connectivity index (χ4v) is 4.08. The van der Waals surface area contributed by atoms with E-state index in [0.29, 0.717) is 22.7 Å². The highest BCUT2D eigenvalue weighted by Crippen LogP contribution is 2.34. The highest BCUT2D eigenvalue weighted by molar-refractivity contribution is 7.99. The summed E-state index contributed by atoms with van der Waals surface area (Å²) in [5.41, 5.74) is 1.79. The fraction of sp³-hybridized carbons (Fsp3) is 0.318. The fourth-order valence-electron chi connectivity index (χ4n) is 3.32. The highest BCUT2D eigenvalue weighted by atomic mass is 32.2. The molecule has 1 heterocycles. The Balaban J connectivity index is 1.62. The SMILES string of the molecule is COc1ccccc1-c1nnc(SCC(=O)N[C@H](C)C2CC2)n1-c1ccccc1. The van der Waals surface area contributed by atoms with Crippen LogP contribution in [0.3, 0.4) is 0 Å². The number of para-hydroxylation sites is 2. The molecule has 1 aliphatic rings. The van der Waals surface area contributed by atoms with E-state index in [-0.39, 0.29) is 11.9 Å². The van der Waals surface area contributed by atoms with Crippen LogP contribution in [0, 0.1) is 5.92 Å². The van der Waals surface area contributed by atoms with Gasteiger partial charge in [-0.15, -0.1) is 10.2 Å². The van der Waals surface area contributed by atoms with Gasteiger partial charge in [-0.3, -0.25) is 9.36 Å². The number of carbonyl (C=O) groups is 1. The van der Waals surface area contributed by atoms with Gasteiger partial charge in [-0.1, -0.05) is 42.1 Å². The Kier molecular flexibility index (Phi) is 5.85. The Morgan fingerprint density at radius 1 is 1.17 bits per heavy atom. The van der Waals surface area contributed by atoms with Gasteiger partial charge in [0.25, 0.3) is 0 Å². The standard InChI is InChI=1S/C22H24N4O2S/c1-15(16-12-13-16)23-20(27)14-29-22-25-24-21(18-10-6-7-11-19(18)28-2)26(22)17-8-4-3-5-9-17/h3-11,15-16H,12-14H2,1-2H3,(H,23,27)/t15-/m1/s1. The number of ether oxygens (including phenoxy) is 1. The number of thioether (sulfide) groups is 1. The van der Waals surface area contributed by atoms with Crippen LogP contribution in [0.4, 0.5) is 0 Å². The number of amides is 1. The van der Waals surface area contributed by atoms with E-state index in [1.165, 1.54) is 24.6 Å². The first-order valence-electron chi connectivity index (χ1n) is 9.73. The molecule has 1 N–H and O–H groups in total. The monoisotopic (exact) mass is 408 g/mol. The van der Waals surface area contributed by atoms with Crippen molar-refractivity contribution >= 4 is 17.7 Å². The second-order valence-corrected chi connectivity index (χ2v) is 8.10. The summed E-state index contributed by atoms with van der Waals surface area (Å²) in [7, 11) is 1.64. The van der Waals surface area contributed by atoms with Gasteiger partial charge in [-0.25, -0.2) is 0 Å². The summed E-state index contributed by atoms with van der Waals surface area (Å²) in [6, 6.07) is 17.9. The van der Waals surface area contributed by atoms with E-state index >= 15 is 0 Å². The van der Waals surface area contributed by atoms with E-state index in [0.717, 1.165) is 17.0 Å². The third-order valence-electron chi connectivity index (χ3n) is 5.05. The van der Waals surface area contributed by atoms with E-state index < -0.39 is 0 Å². The average molecular weight is 409 g/mol. The van der Waals surface area contributed by atoms with E-state index in [1.807, 2.05) is 59.2 Å². The molecule has 0 saturated heterocycles. The molecular formula is C22H24N4O2S. The van der Waals surface area contributed by atoms with Gasteiger partial charge in [0, 0.05) is 11.7 Å². The number of nitrogens with zero attached hydrogens (tertiary/aromatic N) is 3. The van der Waals surface area contributed by atoms with Gasteiger partial charge in [-0.05, 0) is 49.9 Å². The predicted molar refractivity (Wildman–Crippen MR) is 114 cm³/mol. The van der Waals surface area contributed by atoms with Crippen molar-refractivity contribution in [1.29, 1.82) is 0 Å². The molecule has 3 aromatic rings. The molecule has 150 valence electrons. The zero-order valence-corrected chi connectivity index (χ0v) is 17.4. The van der Waals surface area contributed by atoms with Gasteiger partial charge in [-0.2, -0.15) is 0 Å². The van der Waals surface area contributed by atoms with Crippen LogP contribution in [0.25, 0.3) is 17.1 Å². The minimum Gasteiger partial charge on any atom is -0.496 e. The van der Waals surface area contributed by atoms with E-state index in [9.17, 15) is 4.79 Å². The third kappa shape index (κ3) is 4.45. The first-order chi connectivity index (χ1) is 14.2. The molecule has 0 unspecified atom stereocenters. The molecule has 1 amide bonds. The lowest BCUT2D eigenvalue weighted by atomic mass is 10.2. The number of benzene rings is 2. The number of aromatic nitrogens is 3. The van der Waals surface area contributed by atoms with E-state index in [2.05, 4.69) is 22.4 Å². The summed E-state index contributed by atoms with van der Waals surface area (Å²) >= 11 is 1.39. The highest BCUT2D eigenvalue weighted by Gasteiger charge is 2.29. The van der Waals surface area contributed by atoms with Crippen LogP contribution >= 0.6 is 11.8 Å². The lowest BCUT2D eigenvalue weighted by Crippen LogP contribution is -2.35. The van der Waals surface area contributed by atoms with Crippen molar-refractivity contribution in [3.8, 4) is 22.8 Å². The summed E-state index contributed by atoms with van der Waals surface area (Å²) < 4.78 is 7.49. The number of rotatable bonds is 8. The van der Waals surface area contributed by atoms with Gasteiger partial charge < -0.3 is 10.1 Å². The van der Waals surface area contributed by atoms with Crippen molar-refractivity contribution in [2.24, 2.45) is 5.92 Å². The lowest BCUT2D eigenvalue weighted by Gasteiger charge is -2.14. The number of methoxy groups -OCH3 is 1. The van der Waals surface area contributed by atoms with Gasteiger partial charge >= 0.3 is 0 Å². The Morgan fingerprint density at radius 3 is 2.62 bits per heavy atom. The molecule has 29 heavy (non-hydrogen) atoms. The molecule has 6 nitrogen and oxygen atoms in total. The van der Waals surface area contributed by atoms with Crippen LogP contribution in [0.1, 0.15) is 19.8 Å². The first kappa shape index (κ1) is 19.5. The zero-order valence-electron chi connectivity index (χ0n) is 16.5. The molecule has 1 aliphatic carbocycles. The number of hydrogen-bond acceptors (Lipinski definition) is 5. The molecule has 0 bridgehead atoms. The predicted octanol–water partition coefficient (Wildman–Crippen LogP) is 3.95. The Hall–Kier alpha value is -2.80. The van der Waals surface area contributed by atoms with Crippen molar-refractivity contribution in [2.75, 3.05) is 12.9 Å². The summed E-state index contributed by atoms with van der Waals surface area (Å²) in [5.74, 6) is 2.37. The maximum Gasteiger partial charge on any atom is 0.230 e. The molecule has 1 aromatic heterocycles. The van der Waals surface area contributed by atoms with Gasteiger partial charge in [0.2, 0.25) is 5.91 Å². The number of carbonyl (C=O) groups excluding carboxylic acids is 1. The van der Waals surface area contributed by atoms with Crippen LogP contribution in [-0.4, -0.2) is 39.6 Å². The van der Waals surface area contributed by atoms with Crippen LogP contribution in [-0.2, 0) is 4.79 Å². The largest absolute Gasteiger partial charge is 0.496 e. The molecule has 0 spiro atoms. The molecule has 1 saturated carbocycles. The Labute approximate surface area is 174 Å². The van der Waals surface area contributed by atoms with Crippen LogP contribution in [0.2, 0.25) is 0 Å². The molecule has 0 radical (unpaired) electrons. The van der Waals surface area contributed by atoms with Crippen molar-refractivity contribution in [3.63, 3.8) is 0 Å².